The molecule has 0 aromatic heterocycles. The second-order valence-corrected chi connectivity index (χ2v) is 19.5. The van der Waals surface area contributed by atoms with Gasteiger partial charge in [0.05, 0.1) is 22.6 Å². The highest BCUT2D eigenvalue weighted by atomic mass is 35.5. The number of piperidine rings is 1. The van der Waals surface area contributed by atoms with E-state index in [4.69, 9.17) is 23.2 Å². The van der Waals surface area contributed by atoms with Crippen LogP contribution in [0.15, 0.2) is 0 Å². The first kappa shape index (κ1) is 37.1. The van der Waals surface area contributed by atoms with E-state index < -0.39 is 89.9 Å². The molecule has 2 aliphatic heterocycles. The van der Waals surface area contributed by atoms with E-state index in [2.05, 4.69) is 21.3 Å². The second-order valence-electron chi connectivity index (χ2n) is 15.7. The van der Waals surface area contributed by atoms with Crippen LogP contribution in [-0.4, -0.2) is 94.9 Å². The smallest absolute Gasteiger partial charge is 0.315 e. The first-order chi connectivity index (χ1) is 22.4. The van der Waals surface area contributed by atoms with Crippen molar-refractivity contribution in [1.29, 1.82) is 0 Å². The molecule has 3 aliphatic carbocycles. The van der Waals surface area contributed by atoms with E-state index in [-0.39, 0.29) is 18.2 Å². The zero-order valence-electron chi connectivity index (χ0n) is 28.4. The van der Waals surface area contributed by atoms with Crippen molar-refractivity contribution in [2.75, 3.05) is 18.8 Å². The molecule has 4 N–H and O–H groups in total. The predicted octanol–water partition coefficient (Wildman–Crippen LogP) is 2.99. The third kappa shape index (κ3) is 7.62. The van der Waals surface area contributed by atoms with Gasteiger partial charge < -0.3 is 26.2 Å². The van der Waals surface area contributed by atoms with Crippen LogP contribution < -0.4 is 21.3 Å². The summed E-state index contributed by atoms with van der Waals surface area (Å²) in [6, 6.07) is -3.89. The van der Waals surface area contributed by atoms with E-state index in [1.54, 1.807) is 20.8 Å². The van der Waals surface area contributed by atoms with Crippen LogP contribution in [-0.2, 0) is 29.0 Å². The number of alkyl halides is 2. The Morgan fingerprint density at radius 3 is 2.19 bits per heavy atom. The summed E-state index contributed by atoms with van der Waals surface area (Å²) in [4.78, 5) is 69.2. The van der Waals surface area contributed by atoms with Crippen molar-refractivity contribution >= 4 is 62.6 Å². The molecule has 0 radical (unpaired) electrons. The Balaban J connectivity index is 1.34. The first-order valence-corrected chi connectivity index (χ1v) is 20.0. The van der Waals surface area contributed by atoms with Crippen LogP contribution in [0.5, 0.6) is 0 Å². The molecule has 5 fully saturated rings. The predicted molar refractivity (Wildman–Crippen MR) is 182 cm³/mol. The van der Waals surface area contributed by atoms with Crippen molar-refractivity contribution in [3.63, 3.8) is 0 Å². The number of urea groups is 1. The molecule has 0 spiro atoms. The number of fused-ring (bicyclic) bond motifs is 1. The Bertz CT molecular complexity index is 1410. The van der Waals surface area contributed by atoms with Crippen LogP contribution in [0.1, 0.15) is 98.3 Å². The molecule has 5 amide bonds. The van der Waals surface area contributed by atoms with Gasteiger partial charge in [0.25, 0.3) is 5.91 Å². The molecule has 6 atom stereocenters. The van der Waals surface area contributed by atoms with Crippen LogP contribution in [0.3, 0.4) is 0 Å². The van der Waals surface area contributed by atoms with Crippen LogP contribution in [0.25, 0.3) is 0 Å². The van der Waals surface area contributed by atoms with Crippen molar-refractivity contribution in [3.05, 3.63) is 0 Å². The van der Waals surface area contributed by atoms with Gasteiger partial charge in [0, 0.05) is 24.9 Å². The quantitative estimate of drug-likeness (QED) is 0.177. The van der Waals surface area contributed by atoms with Crippen molar-refractivity contribution in [1.82, 2.24) is 26.2 Å². The number of nitrogens with one attached hydrogen (secondary N) is 4. The average Bonchev–Trinajstić information content (AvgIpc) is 3.79. The molecule has 0 aromatic carbocycles. The van der Waals surface area contributed by atoms with E-state index >= 15 is 0 Å². The topological polar surface area (TPSA) is 171 Å². The lowest BCUT2D eigenvalue weighted by Gasteiger charge is -2.43. The lowest BCUT2D eigenvalue weighted by molar-refractivity contribution is -0.144. The van der Waals surface area contributed by atoms with E-state index in [9.17, 15) is 32.4 Å². The average molecular weight is 733 g/mol. The first-order valence-electron chi connectivity index (χ1n) is 17.5. The van der Waals surface area contributed by atoms with Crippen LogP contribution in [0, 0.1) is 23.2 Å². The number of halogens is 2. The minimum absolute atomic E-state index is 0.0763. The molecule has 270 valence electrons. The van der Waals surface area contributed by atoms with Crippen molar-refractivity contribution in [3.8, 4) is 0 Å². The number of amides is 5. The van der Waals surface area contributed by atoms with Gasteiger partial charge in [-0.15, -0.1) is 23.2 Å². The molecule has 12 nitrogen and oxygen atoms in total. The maximum atomic E-state index is 14.4. The molecule has 0 bridgehead atoms. The Labute approximate surface area is 293 Å². The molecule has 2 saturated heterocycles. The molecule has 0 unspecified atom stereocenters. The Morgan fingerprint density at radius 2 is 1.62 bits per heavy atom. The largest absolute Gasteiger partial charge is 0.349 e. The fourth-order valence-electron chi connectivity index (χ4n) is 8.12. The van der Waals surface area contributed by atoms with Crippen molar-refractivity contribution < 1.29 is 32.4 Å². The lowest BCUT2D eigenvalue weighted by atomic mass is 9.78. The van der Waals surface area contributed by atoms with Gasteiger partial charge in [-0.05, 0) is 49.9 Å². The number of sulfone groups is 1. The molecule has 15 heteroatoms. The number of ketones is 1. The van der Waals surface area contributed by atoms with Gasteiger partial charge in [0.2, 0.25) is 17.6 Å². The van der Waals surface area contributed by atoms with Gasteiger partial charge in [-0.2, -0.15) is 0 Å². The minimum Gasteiger partial charge on any atom is -0.349 e. The number of carbonyl (C=O) groups is 5. The third-order valence-electron chi connectivity index (χ3n) is 11.0. The summed E-state index contributed by atoms with van der Waals surface area (Å²) in [5.74, 6) is -3.29. The van der Waals surface area contributed by atoms with Crippen LogP contribution >= 0.6 is 23.2 Å². The molecule has 5 aliphatic rings. The standard InChI is InChI=1S/C33H51Cl2N5O7S/c1-5-15-36-28(43)25(41)21(17-19-11-12-19)37-27(42)24-23-20(33(23,34)35)18-40(24)29(44)26(31(2,3)4)38-30(45)39-32(13-7-6-8-14-32)22-10-9-16-48(22,46)47/h19-24,26H,5-18H2,1-4H3,(H,36,43)(H,37,42)(H2,38,39,45)/t20-,21-,22+,23-,24-,26+/m0/s1. The third-order valence-corrected chi connectivity index (χ3v) is 14.5. The maximum Gasteiger partial charge on any atom is 0.315 e. The van der Waals surface area contributed by atoms with E-state index in [1.165, 1.54) is 4.90 Å². The van der Waals surface area contributed by atoms with E-state index in [0.29, 0.717) is 45.1 Å². The number of carbonyl (C=O) groups excluding carboxylic acids is 5. The van der Waals surface area contributed by atoms with Gasteiger partial charge >= 0.3 is 6.03 Å². The Hall–Kier alpha value is -2.12. The Kier molecular flexibility index (Phi) is 10.7. The van der Waals surface area contributed by atoms with Gasteiger partial charge in [-0.1, -0.05) is 59.8 Å². The highest BCUT2D eigenvalue weighted by Gasteiger charge is 2.74. The summed E-state index contributed by atoms with van der Waals surface area (Å²) in [6.07, 6.45) is 7.44. The molecule has 3 saturated carbocycles. The summed E-state index contributed by atoms with van der Waals surface area (Å²) in [5, 5.41) is 10.6. The number of hydrogen-bond donors (Lipinski definition) is 4. The monoisotopic (exact) mass is 731 g/mol. The fraction of sp³-hybridized carbons (Fsp3) is 0.848. The number of rotatable bonds is 12. The van der Waals surface area contributed by atoms with Gasteiger partial charge in [-0.25, -0.2) is 13.2 Å². The molecular weight excluding hydrogens is 681 g/mol. The molecular formula is C33H51Cl2N5O7S. The van der Waals surface area contributed by atoms with Gasteiger partial charge in [0.15, 0.2) is 9.84 Å². The van der Waals surface area contributed by atoms with Crippen molar-refractivity contribution in [2.24, 2.45) is 23.2 Å². The van der Waals surface area contributed by atoms with Crippen LogP contribution in [0.2, 0.25) is 0 Å². The highest BCUT2D eigenvalue weighted by Crippen LogP contribution is 2.65. The number of hydrogen-bond acceptors (Lipinski definition) is 7. The lowest BCUT2D eigenvalue weighted by Crippen LogP contribution is -2.65. The number of likely N-dealkylation sites (tertiary alicyclic amines) is 1. The summed E-state index contributed by atoms with van der Waals surface area (Å²) in [7, 11) is -3.37. The SMILES string of the molecule is CCCNC(=O)C(=O)[C@H](CC1CC1)NC(=O)[C@@H]1[C@@H]2[C@H](CN1C(=O)[C@@H](NC(=O)NC1([C@H]3CCCS3(=O)=O)CCCCC1)C(C)(C)C)C2(Cl)Cl. The maximum absolute atomic E-state index is 14.4. The zero-order chi connectivity index (χ0) is 35.2. The minimum atomic E-state index is -3.37. The molecule has 48 heavy (non-hydrogen) atoms. The van der Waals surface area contributed by atoms with E-state index in [0.717, 1.165) is 32.1 Å². The zero-order valence-corrected chi connectivity index (χ0v) is 30.7. The number of nitrogens with zero attached hydrogens (tertiary/aromatic N) is 1. The van der Waals surface area contributed by atoms with Gasteiger partial charge in [0.1, 0.15) is 16.4 Å². The highest BCUT2D eigenvalue weighted by molar-refractivity contribution is 7.92. The van der Waals surface area contributed by atoms with Gasteiger partial charge in [-0.3, -0.25) is 19.2 Å². The molecule has 2 heterocycles. The molecule has 5 rings (SSSR count). The summed E-state index contributed by atoms with van der Waals surface area (Å²) < 4.78 is 24.8. The summed E-state index contributed by atoms with van der Waals surface area (Å²) in [5.41, 5.74) is -1.72. The van der Waals surface area contributed by atoms with Crippen molar-refractivity contribution in [2.45, 2.75) is 132 Å². The summed E-state index contributed by atoms with van der Waals surface area (Å²) in [6.45, 7) is 7.67. The number of Topliss-reactive ketones (excluding diaryl/α,β-unsaturated/α-hetero) is 1. The Morgan fingerprint density at radius 1 is 0.958 bits per heavy atom. The molecule has 0 aromatic rings. The second kappa shape index (κ2) is 13.9. The fourth-order valence-corrected chi connectivity index (χ4v) is 11.3. The summed E-state index contributed by atoms with van der Waals surface area (Å²) >= 11 is 13.1. The van der Waals surface area contributed by atoms with E-state index in [1.807, 2.05) is 6.92 Å². The normalized spacial score (nSPS) is 29.6. The van der Waals surface area contributed by atoms with Crippen LogP contribution in [0.4, 0.5) is 4.79 Å².